The zero-order chi connectivity index (χ0) is 19.1. The van der Waals surface area contributed by atoms with Crippen molar-refractivity contribution in [2.45, 2.75) is 13.0 Å². The summed E-state index contributed by atoms with van der Waals surface area (Å²) >= 11 is 3.30. The molecule has 0 saturated heterocycles. The summed E-state index contributed by atoms with van der Waals surface area (Å²) < 4.78 is 5.64. The highest BCUT2D eigenvalue weighted by atomic mass is 79.9. The molecule has 3 N–H and O–H groups in total. The molecule has 26 heavy (non-hydrogen) atoms. The number of rotatable bonds is 6. The number of halogens is 1. The van der Waals surface area contributed by atoms with Crippen molar-refractivity contribution in [3.05, 3.63) is 58.1 Å². The van der Waals surface area contributed by atoms with Crippen LogP contribution in [0.2, 0.25) is 0 Å². The average molecular weight is 420 g/mol. The van der Waals surface area contributed by atoms with Gasteiger partial charge in [0.15, 0.2) is 11.5 Å². The summed E-state index contributed by atoms with van der Waals surface area (Å²) in [4.78, 5) is 24.2. The van der Waals surface area contributed by atoms with Gasteiger partial charge in [0.2, 0.25) is 0 Å². The minimum Gasteiger partial charge on any atom is -0.504 e. The maximum Gasteiger partial charge on any atom is 0.262 e. The molecule has 2 aromatic carbocycles. The summed E-state index contributed by atoms with van der Waals surface area (Å²) in [5, 5.41) is 16.0. The number of aromatic hydroxyl groups is 1. The SMILES string of the molecule is COc1cc(/C=N/NC(=O)C(C)NC(=O)c2ccccc2Br)ccc1O. The largest absolute Gasteiger partial charge is 0.504 e. The first kappa shape index (κ1) is 19.5. The van der Waals surface area contributed by atoms with Crippen molar-refractivity contribution in [2.75, 3.05) is 7.11 Å². The van der Waals surface area contributed by atoms with Gasteiger partial charge in [-0.05, 0) is 58.7 Å². The molecule has 0 spiro atoms. The van der Waals surface area contributed by atoms with Crippen molar-refractivity contribution in [1.82, 2.24) is 10.7 Å². The van der Waals surface area contributed by atoms with Gasteiger partial charge in [-0.1, -0.05) is 12.1 Å². The number of benzene rings is 2. The van der Waals surface area contributed by atoms with Gasteiger partial charge in [0.1, 0.15) is 6.04 Å². The molecule has 1 unspecified atom stereocenters. The molecule has 0 bridgehead atoms. The molecule has 2 aromatic rings. The predicted molar refractivity (Wildman–Crippen MR) is 101 cm³/mol. The Bertz CT molecular complexity index is 839. The van der Waals surface area contributed by atoms with Crippen LogP contribution in [-0.2, 0) is 4.79 Å². The van der Waals surface area contributed by atoms with E-state index in [0.717, 1.165) is 0 Å². The molecule has 2 rings (SSSR count). The number of hydrogen-bond acceptors (Lipinski definition) is 5. The fourth-order valence-corrected chi connectivity index (χ4v) is 2.49. The Labute approximate surface area is 159 Å². The van der Waals surface area contributed by atoms with Crippen LogP contribution in [0.3, 0.4) is 0 Å². The summed E-state index contributed by atoms with van der Waals surface area (Å²) in [6.45, 7) is 1.56. The minimum atomic E-state index is -0.777. The molecular weight excluding hydrogens is 402 g/mol. The van der Waals surface area contributed by atoms with Gasteiger partial charge < -0.3 is 15.2 Å². The molecule has 0 aromatic heterocycles. The van der Waals surface area contributed by atoms with E-state index < -0.39 is 11.9 Å². The predicted octanol–water partition coefficient (Wildman–Crippen LogP) is 2.43. The fraction of sp³-hybridized carbons (Fsp3) is 0.167. The smallest absolute Gasteiger partial charge is 0.262 e. The second kappa shape index (κ2) is 9.00. The Balaban J connectivity index is 1.93. The Hall–Kier alpha value is -2.87. The van der Waals surface area contributed by atoms with Crippen LogP contribution >= 0.6 is 15.9 Å². The van der Waals surface area contributed by atoms with Crippen LogP contribution < -0.4 is 15.5 Å². The topological polar surface area (TPSA) is 100 Å². The second-order valence-corrected chi connectivity index (χ2v) is 6.19. The normalized spacial score (nSPS) is 11.8. The molecule has 136 valence electrons. The molecule has 0 aliphatic carbocycles. The number of carbonyl (C=O) groups is 2. The molecule has 0 aliphatic rings. The summed E-state index contributed by atoms with van der Waals surface area (Å²) in [5.41, 5.74) is 3.42. The summed E-state index contributed by atoms with van der Waals surface area (Å²) in [7, 11) is 1.44. The molecule has 0 fully saturated rings. The number of ether oxygens (including phenoxy) is 1. The quantitative estimate of drug-likeness (QED) is 0.494. The maximum atomic E-state index is 12.2. The molecule has 0 aliphatic heterocycles. The molecular formula is C18H18BrN3O4. The number of carbonyl (C=O) groups excluding carboxylic acids is 2. The molecule has 7 nitrogen and oxygen atoms in total. The number of nitrogens with one attached hydrogen (secondary N) is 2. The van der Waals surface area contributed by atoms with Crippen molar-refractivity contribution in [2.24, 2.45) is 5.10 Å². The highest BCUT2D eigenvalue weighted by molar-refractivity contribution is 9.10. The lowest BCUT2D eigenvalue weighted by atomic mass is 10.2. The minimum absolute atomic E-state index is 0.0112. The van der Waals surface area contributed by atoms with Crippen LogP contribution in [0.1, 0.15) is 22.8 Å². The Kier molecular flexibility index (Phi) is 6.74. The molecule has 0 saturated carbocycles. The van der Waals surface area contributed by atoms with Crippen LogP contribution in [0, 0.1) is 0 Å². The van der Waals surface area contributed by atoms with Crippen LogP contribution in [-0.4, -0.2) is 36.3 Å². The van der Waals surface area contributed by atoms with Crippen molar-refractivity contribution in [3.63, 3.8) is 0 Å². The van der Waals surface area contributed by atoms with Gasteiger partial charge in [-0.15, -0.1) is 0 Å². The van der Waals surface area contributed by atoms with Gasteiger partial charge in [0.05, 0.1) is 18.9 Å². The third-order valence-corrected chi connectivity index (χ3v) is 4.14. The standard InChI is InChI=1S/C18H18BrN3O4/c1-11(21-18(25)13-5-3-4-6-14(13)19)17(24)22-20-10-12-7-8-15(23)16(9-12)26-2/h3-11,23H,1-2H3,(H,21,25)(H,22,24)/b20-10+. The first-order valence-corrected chi connectivity index (χ1v) is 8.47. The van der Waals surface area contributed by atoms with E-state index in [1.165, 1.54) is 19.4 Å². The summed E-state index contributed by atoms with van der Waals surface area (Å²) in [5.74, 6) is -0.522. The molecule has 8 heteroatoms. The van der Waals surface area contributed by atoms with Crippen molar-refractivity contribution in [3.8, 4) is 11.5 Å². The fourth-order valence-electron chi connectivity index (χ4n) is 2.03. The number of phenolic OH excluding ortho intramolecular Hbond substituents is 1. The highest BCUT2D eigenvalue weighted by Gasteiger charge is 2.17. The first-order valence-electron chi connectivity index (χ1n) is 7.67. The van der Waals surface area contributed by atoms with Crippen molar-refractivity contribution < 1.29 is 19.4 Å². The van der Waals surface area contributed by atoms with Crippen LogP contribution in [0.15, 0.2) is 52.0 Å². The lowest BCUT2D eigenvalue weighted by Crippen LogP contribution is -2.43. The third-order valence-electron chi connectivity index (χ3n) is 3.45. The van der Waals surface area contributed by atoms with Gasteiger partial charge in [-0.3, -0.25) is 9.59 Å². The lowest BCUT2D eigenvalue weighted by molar-refractivity contribution is -0.122. The second-order valence-electron chi connectivity index (χ2n) is 5.34. The van der Waals surface area contributed by atoms with Gasteiger partial charge in [0, 0.05) is 4.47 Å². The lowest BCUT2D eigenvalue weighted by Gasteiger charge is -2.12. The van der Waals surface area contributed by atoms with Gasteiger partial charge in [0.25, 0.3) is 11.8 Å². The number of hydrogen-bond donors (Lipinski definition) is 3. The van der Waals surface area contributed by atoms with E-state index in [1.54, 1.807) is 43.3 Å². The third kappa shape index (κ3) is 5.06. The average Bonchev–Trinajstić information content (AvgIpc) is 2.63. The van der Waals surface area contributed by atoms with Gasteiger partial charge in [-0.2, -0.15) is 5.10 Å². The van der Waals surface area contributed by atoms with E-state index in [9.17, 15) is 14.7 Å². The van der Waals surface area contributed by atoms with E-state index in [2.05, 4.69) is 31.8 Å². The van der Waals surface area contributed by atoms with Crippen molar-refractivity contribution >= 4 is 34.0 Å². The highest BCUT2D eigenvalue weighted by Crippen LogP contribution is 2.25. The van der Waals surface area contributed by atoms with Crippen LogP contribution in [0.25, 0.3) is 0 Å². The monoisotopic (exact) mass is 419 g/mol. The Morgan fingerprint density at radius 1 is 1.27 bits per heavy atom. The molecule has 0 heterocycles. The Morgan fingerprint density at radius 3 is 2.69 bits per heavy atom. The zero-order valence-corrected chi connectivity index (χ0v) is 15.8. The molecule has 2 amide bonds. The first-order chi connectivity index (χ1) is 12.4. The van der Waals surface area contributed by atoms with E-state index in [1.807, 2.05) is 0 Å². The van der Waals surface area contributed by atoms with E-state index in [-0.39, 0.29) is 11.7 Å². The number of methoxy groups -OCH3 is 1. The number of hydrazone groups is 1. The van der Waals surface area contributed by atoms with E-state index in [4.69, 9.17) is 4.74 Å². The molecule has 1 atom stereocenters. The maximum absolute atomic E-state index is 12.2. The number of nitrogens with zero attached hydrogens (tertiary/aromatic N) is 1. The van der Waals surface area contributed by atoms with Crippen LogP contribution in [0.5, 0.6) is 11.5 Å². The zero-order valence-electron chi connectivity index (χ0n) is 14.2. The van der Waals surface area contributed by atoms with E-state index >= 15 is 0 Å². The van der Waals surface area contributed by atoms with Gasteiger partial charge in [-0.25, -0.2) is 5.43 Å². The summed E-state index contributed by atoms with van der Waals surface area (Å²) in [6, 6.07) is 10.8. The number of amides is 2. The van der Waals surface area contributed by atoms with Gasteiger partial charge >= 0.3 is 0 Å². The molecule has 0 radical (unpaired) electrons. The van der Waals surface area contributed by atoms with Crippen molar-refractivity contribution in [1.29, 1.82) is 0 Å². The Morgan fingerprint density at radius 2 is 2.00 bits per heavy atom. The number of phenols is 1. The van der Waals surface area contributed by atoms with E-state index in [0.29, 0.717) is 21.3 Å². The van der Waals surface area contributed by atoms with Crippen LogP contribution in [0.4, 0.5) is 0 Å². The summed E-state index contributed by atoms with van der Waals surface area (Å²) in [6.07, 6.45) is 1.40.